The molecule has 23 heavy (non-hydrogen) atoms. The molecule has 0 aliphatic carbocycles. The lowest BCUT2D eigenvalue weighted by Gasteiger charge is -2.23. The topological polar surface area (TPSA) is 37.4 Å². The second-order valence-corrected chi connectivity index (χ2v) is 7.65. The van der Waals surface area contributed by atoms with Crippen LogP contribution in [0.1, 0.15) is 11.1 Å². The molecule has 0 bridgehead atoms. The van der Waals surface area contributed by atoms with Gasteiger partial charge in [0.05, 0.1) is 4.90 Å². The first-order valence-electron chi connectivity index (χ1n) is 6.44. The largest absolute Gasteiger partial charge is 0.402 e. The predicted molar refractivity (Wildman–Crippen MR) is 79.1 cm³/mol. The number of hydrogen-bond acceptors (Lipinski definition) is 3. The lowest BCUT2D eigenvalue weighted by molar-refractivity contribution is -0.136. The van der Waals surface area contributed by atoms with Gasteiger partial charge in [-0.15, -0.1) is 0 Å². The van der Waals surface area contributed by atoms with Gasteiger partial charge in [0.1, 0.15) is 12.4 Å². The molecule has 0 amide bonds. The molecule has 0 radical (unpaired) electrons. The van der Waals surface area contributed by atoms with E-state index in [0.29, 0.717) is 9.87 Å². The number of thiophene rings is 1. The SMILES string of the molecule is Cc1cc(S(=O)(=O)N(Cc2ccsc2)CC(F)(F)F)ccc1F. The van der Waals surface area contributed by atoms with Gasteiger partial charge in [-0.05, 0) is 53.1 Å². The van der Waals surface area contributed by atoms with Gasteiger partial charge in [-0.2, -0.15) is 28.8 Å². The summed E-state index contributed by atoms with van der Waals surface area (Å²) in [5.41, 5.74) is 0.509. The minimum Gasteiger partial charge on any atom is -0.207 e. The van der Waals surface area contributed by atoms with Gasteiger partial charge >= 0.3 is 6.18 Å². The van der Waals surface area contributed by atoms with Crippen molar-refractivity contribution in [2.45, 2.75) is 24.5 Å². The van der Waals surface area contributed by atoms with Gasteiger partial charge in [0.25, 0.3) is 0 Å². The van der Waals surface area contributed by atoms with E-state index in [0.717, 1.165) is 18.2 Å². The molecule has 1 aromatic heterocycles. The van der Waals surface area contributed by atoms with Crippen LogP contribution in [0.2, 0.25) is 0 Å². The van der Waals surface area contributed by atoms with Crippen molar-refractivity contribution in [2.24, 2.45) is 0 Å². The molecule has 126 valence electrons. The Balaban J connectivity index is 2.40. The molecule has 0 fully saturated rings. The predicted octanol–water partition coefficient (Wildman–Crippen LogP) is 3.95. The van der Waals surface area contributed by atoms with Crippen molar-refractivity contribution < 1.29 is 26.0 Å². The quantitative estimate of drug-likeness (QED) is 0.751. The highest BCUT2D eigenvalue weighted by Gasteiger charge is 2.37. The average Bonchev–Trinajstić information content (AvgIpc) is 2.92. The van der Waals surface area contributed by atoms with E-state index in [2.05, 4.69) is 0 Å². The van der Waals surface area contributed by atoms with Crippen LogP contribution in [0.5, 0.6) is 0 Å². The van der Waals surface area contributed by atoms with Gasteiger partial charge in [-0.25, -0.2) is 12.8 Å². The van der Waals surface area contributed by atoms with Crippen LogP contribution in [0.15, 0.2) is 39.9 Å². The molecule has 1 aromatic carbocycles. The highest BCUT2D eigenvalue weighted by Crippen LogP contribution is 2.26. The minimum atomic E-state index is -4.68. The summed E-state index contributed by atoms with van der Waals surface area (Å²) in [7, 11) is -4.40. The molecule has 0 spiro atoms. The second kappa shape index (κ2) is 6.58. The van der Waals surface area contributed by atoms with Crippen LogP contribution < -0.4 is 0 Å². The van der Waals surface area contributed by atoms with E-state index in [1.807, 2.05) is 0 Å². The minimum absolute atomic E-state index is 0.0496. The van der Waals surface area contributed by atoms with Crippen LogP contribution in [0.25, 0.3) is 0 Å². The van der Waals surface area contributed by atoms with Gasteiger partial charge < -0.3 is 0 Å². The molecule has 2 rings (SSSR count). The fourth-order valence-electron chi connectivity index (χ4n) is 1.94. The van der Waals surface area contributed by atoms with Crippen LogP contribution in [-0.4, -0.2) is 25.4 Å². The van der Waals surface area contributed by atoms with Crippen LogP contribution in [-0.2, 0) is 16.6 Å². The van der Waals surface area contributed by atoms with Crippen LogP contribution in [0.4, 0.5) is 17.6 Å². The van der Waals surface area contributed by atoms with Crippen molar-refractivity contribution >= 4 is 21.4 Å². The zero-order valence-electron chi connectivity index (χ0n) is 12.0. The summed E-state index contributed by atoms with van der Waals surface area (Å²) in [6, 6.07) is 4.48. The number of nitrogens with zero attached hydrogens (tertiary/aromatic N) is 1. The first-order chi connectivity index (χ1) is 10.6. The van der Waals surface area contributed by atoms with Crippen molar-refractivity contribution in [1.82, 2.24) is 4.31 Å². The molecule has 0 N–H and O–H groups in total. The summed E-state index contributed by atoms with van der Waals surface area (Å²) >= 11 is 1.26. The molecule has 0 unspecified atom stereocenters. The molecule has 2 aromatic rings. The van der Waals surface area contributed by atoms with E-state index >= 15 is 0 Å². The van der Waals surface area contributed by atoms with Crippen molar-refractivity contribution in [3.8, 4) is 0 Å². The monoisotopic (exact) mass is 367 g/mol. The summed E-state index contributed by atoms with van der Waals surface area (Å²) in [5.74, 6) is -0.621. The number of alkyl halides is 3. The maximum absolute atomic E-state index is 13.3. The van der Waals surface area contributed by atoms with E-state index in [1.54, 1.807) is 16.8 Å². The molecule has 0 aliphatic heterocycles. The molecule has 0 atom stereocenters. The van der Waals surface area contributed by atoms with E-state index in [4.69, 9.17) is 0 Å². The third-order valence-electron chi connectivity index (χ3n) is 3.06. The van der Waals surface area contributed by atoms with Crippen molar-refractivity contribution in [1.29, 1.82) is 0 Å². The third kappa shape index (κ3) is 4.52. The van der Waals surface area contributed by atoms with Crippen molar-refractivity contribution in [2.75, 3.05) is 6.54 Å². The Hall–Kier alpha value is -1.45. The maximum atomic E-state index is 13.3. The summed E-state index contributed by atoms with van der Waals surface area (Å²) < 4.78 is 76.9. The number of hydrogen-bond donors (Lipinski definition) is 0. The number of sulfonamides is 1. The fourth-order valence-corrected chi connectivity index (χ4v) is 4.10. The number of aryl methyl sites for hydroxylation is 1. The summed E-state index contributed by atoms with van der Waals surface area (Å²) in [5, 5.41) is 3.23. The Bertz CT molecular complexity index is 771. The fraction of sp³-hybridized carbons (Fsp3) is 0.286. The lowest BCUT2D eigenvalue weighted by Crippen LogP contribution is -2.38. The van der Waals surface area contributed by atoms with E-state index < -0.39 is 35.1 Å². The summed E-state index contributed by atoms with van der Waals surface area (Å²) in [6.07, 6.45) is -4.68. The molecular weight excluding hydrogens is 354 g/mol. The first-order valence-corrected chi connectivity index (χ1v) is 8.82. The highest BCUT2D eigenvalue weighted by molar-refractivity contribution is 7.89. The Morgan fingerprint density at radius 2 is 1.91 bits per heavy atom. The molecule has 0 aliphatic rings. The molecule has 3 nitrogen and oxygen atoms in total. The van der Waals surface area contributed by atoms with Crippen molar-refractivity contribution in [3.63, 3.8) is 0 Å². The van der Waals surface area contributed by atoms with Crippen LogP contribution in [0, 0.1) is 12.7 Å². The summed E-state index contributed by atoms with van der Waals surface area (Å²) in [6.45, 7) is -0.662. The van der Waals surface area contributed by atoms with E-state index in [1.165, 1.54) is 18.3 Å². The van der Waals surface area contributed by atoms with Gasteiger partial charge in [0, 0.05) is 6.54 Å². The second-order valence-electron chi connectivity index (χ2n) is 4.93. The smallest absolute Gasteiger partial charge is 0.207 e. The van der Waals surface area contributed by atoms with Crippen LogP contribution >= 0.6 is 11.3 Å². The lowest BCUT2D eigenvalue weighted by atomic mass is 10.2. The number of rotatable bonds is 5. The van der Waals surface area contributed by atoms with Crippen LogP contribution in [0.3, 0.4) is 0 Å². The zero-order chi connectivity index (χ0) is 17.3. The summed E-state index contributed by atoms with van der Waals surface area (Å²) in [4.78, 5) is -0.365. The highest BCUT2D eigenvalue weighted by atomic mass is 32.2. The molecule has 0 saturated heterocycles. The molecule has 9 heteroatoms. The molecular formula is C14H13F4NO2S2. The van der Waals surface area contributed by atoms with E-state index in [9.17, 15) is 26.0 Å². The van der Waals surface area contributed by atoms with Gasteiger partial charge in [-0.1, -0.05) is 0 Å². The number of halogens is 4. The Kier molecular flexibility index (Phi) is 5.12. The number of benzene rings is 1. The Labute approximate surface area is 135 Å². The van der Waals surface area contributed by atoms with Gasteiger partial charge in [0.15, 0.2) is 0 Å². The third-order valence-corrected chi connectivity index (χ3v) is 5.58. The maximum Gasteiger partial charge on any atom is 0.402 e. The zero-order valence-corrected chi connectivity index (χ0v) is 13.6. The van der Waals surface area contributed by atoms with Gasteiger partial charge in [-0.3, -0.25) is 0 Å². The standard InChI is InChI=1S/C14H13F4NO2S2/c1-10-6-12(2-3-13(10)15)23(20,21)19(9-14(16,17)18)7-11-4-5-22-8-11/h2-6,8H,7,9H2,1H3. The average molecular weight is 367 g/mol. The Morgan fingerprint density at radius 3 is 2.43 bits per heavy atom. The molecule has 0 saturated carbocycles. The van der Waals surface area contributed by atoms with Gasteiger partial charge in [0.2, 0.25) is 10.0 Å². The molecule has 1 heterocycles. The van der Waals surface area contributed by atoms with Crippen molar-refractivity contribution in [3.05, 3.63) is 52.0 Å². The first kappa shape index (κ1) is 17.9. The van der Waals surface area contributed by atoms with E-state index in [-0.39, 0.29) is 10.5 Å². The Morgan fingerprint density at radius 1 is 1.22 bits per heavy atom. The normalized spacial score (nSPS) is 12.8.